The molecule has 176 valence electrons. The molecule has 0 heteroatoms. The van der Waals surface area contributed by atoms with Gasteiger partial charge < -0.3 is 0 Å². The fraction of sp³-hybridized carbons (Fsp3) is 0.167. The Morgan fingerprint density at radius 2 is 1.56 bits per heavy atom. The van der Waals surface area contributed by atoms with Crippen LogP contribution in [0.15, 0.2) is 103 Å². The van der Waals surface area contributed by atoms with Crippen LogP contribution >= 0.6 is 0 Å². The molecule has 36 heavy (non-hydrogen) atoms. The monoisotopic (exact) mass is 464 g/mol. The summed E-state index contributed by atoms with van der Waals surface area (Å²) >= 11 is 0. The van der Waals surface area contributed by atoms with E-state index in [0.29, 0.717) is 5.92 Å². The normalized spacial score (nSPS) is 16.1. The van der Waals surface area contributed by atoms with Gasteiger partial charge in [-0.1, -0.05) is 110 Å². The van der Waals surface area contributed by atoms with Gasteiger partial charge in [-0.05, 0) is 99.5 Å². The minimum atomic E-state index is 0.367. The standard InChI is InChI=1S/C36H32/c1-6-28(25-16-18-32-27(20-25)21-26-19-22(3)15-17-31(26)32)23(4)29(7-2)34-13-10-14-35-33-12-9-8-11-30(33)24(5)36(34)35/h6-20,24H,2,21H2,1,3-5H3/b28-6+,29-23+. The van der Waals surface area contributed by atoms with E-state index in [9.17, 15) is 0 Å². The van der Waals surface area contributed by atoms with E-state index in [1.54, 1.807) is 0 Å². The molecule has 4 aromatic rings. The van der Waals surface area contributed by atoms with Gasteiger partial charge in [0, 0.05) is 5.92 Å². The van der Waals surface area contributed by atoms with E-state index in [0.717, 1.165) is 6.42 Å². The van der Waals surface area contributed by atoms with E-state index in [1.165, 1.54) is 77.9 Å². The van der Waals surface area contributed by atoms with Gasteiger partial charge in [0.15, 0.2) is 0 Å². The van der Waals surface area contributed by atoms with Crippen LogP contribution in [0.1, 0.15) is 65.6 Å². The van der Waals surface area contributed by atoms with E-state index in [1.807, 2.05) is 0 Å². The van der Waals surface area contributed by atoms with Crippen LogP contribution < -0.4 is 0 Å². The third-order valence-electron chi connectivity index (χ3n) is 8.20. The molecule has 0 bridgehead atoms. The average molecular weight is 465 g/mol. The maximum Gasteiger partial charge on any atom is 0.00794 e. The highest BCUT2D eigenvalue weighted by Gasteiger charge is 2.28. The van der Waals surface area contributed by atoms with Crippen molar-refractivity contribution in [2.24, 2.45) is 0 Å². The minimum absolute atomic E-state index is 0.367. The van der Waals surface area contributed by atoms with Crippen LogP contribution in [0.4, 0.5) is 0 Å². The zero-order valence-corrected chi connectivity index (χ0v) is 21.7. The zero-order chi connectivity index (χ0) is 25.0. The summed E-state index contributed by atoms with van der Waals surface area (Å²) in [6, 6.07) is 29.4. The highest BCUT2D eigenvalue weighted by atomic mass is 14.3. The molecule has 0 N–H and O–H groups in total. The Morgan fingerprint density at radius 3 is 2.33 bits per heavy atom. The molecule has 0 saturated carbocycles. The van der Waals surface area contributed by atoms with Crippen molar-refractivity contribution in [3.63, 3.8) is 0 Å². The predicted octanol–water partition coefficient (Wildman–Crippen LogP) is 9.76. The van der Waals surface area contributed by atoms with Crippen molar-refractivity contribution in [1.82, 2.24) is 0 Å². The summed E-state index contributed by atoms with van der Waals surface area (Å²) in [6.07, 6.45) is 5.32. The molecular formula is C36H32. The van der Waals surface area contributed by atoms with Crippen molar-refractivity contribution in [3.05, 3.63) is 142 Å². The number of aryl methyl sites for hydroxylation is 1. The summed E-state index contributed by atoms with van der Waals surface area (Å²) in [5, 5.41) is 0. The second kappa shape index (κ2) is 8.64. The first kappa shape index (κ1) is 22.6. The smallest absolute Gasteiger partial charge is 0.00794 e. The molecule has 1 atom stereocenters. The fourth-order valence-electron chi connectivity index (χ4n) is 6.49. The van der Waals surface area contributed by atoms with Crippen molar-refractivity contribution >= 4 is 11.1 Å². The lowest BCUT2D eigenvalue weighted by molar-refractivity contribution is 0.952. The first-order valence-electron chi connectivity index (χ1n) is 13.0. The van der Waals surface area contributed by atoms with Crippen LogP contribution in [0, 0.1) is 6.92 Å². The molecule has 2 aliphatic rings. The molecular weight excluding hydrogens is 432 g/mol. The van der Waals surface area contributed by atoms with E-state index in [2.05, 4.69) is 125 Å². The average Bonchev–Trinajstić information content (AvgIpc) is 3.40. The molecule has 0 saturated heterocycles. The Labute approximate surface area is 215 Å². The number of hydrogen-bond acceptors (Lipinski definition) is 0. The summed E-state index contributed by atoms with van der Waals surface area (Å²) in [7, 11) is 0. The maximum absolute atomic E-state index is 4.28. The number of fused-ring (bicyclic) bond motifs is 6. The van der Waals surface area contributed by atoms with Gasteiger partial charge in [0.25, 0.3) is 0 Å². The van der Waals surface area contributed by atoms with Gasteiger partial charge in [0.2, 0.25) is 0 Å². The Balaban J connectivity index is 1.45. The molecule has 4 aromatic carbocycles. The molecule has 0 radical (unpaired) electrons. The van der Waals surface area contributed by atoms with Gasteiger partial charge in [-0.15, -0.1) is 0 Å². The third-order valence-corrected chi connectivity index (χ3v) is 8.20. The lowest BCUT2D eigenvalue weighted by atomic mass is 9.85. The summed E-state index contributed by atoms with van der Waals surface area (Å²) in [6.45, 7) is 13.2. The van der Waals surface area contributed by atoms with Crippen LogP contribution in [0.3, 0.4) is 0 Å². The van der Waals surface area contributed by atoms with Crippen molar-refractivity contribution in [2.75, 3.05) is 0 Å². The van der Waals surface area contributed by atoms with Crippen molar-refractivity contribution in [2.45, 2.75) is 40.0 Å². The molecule has 1 unspecified atom stereocenters. The van der Waals surface area contributed by atoms with Gasteiger partial charge in [-0.3, -0.25) is 0 Å². The number of benzene rings is 4. The van der Waals surface area contributed by atoms with E-state index in [4.69, 9.17) is 0 Å². The Morgan fingerprint density at radius 1 is 0.833 bits per heavy atom. The number of rotatable bonds is 4. The molecule has 0 amide bonds. The van der Waals surface area contributed by atoms with Crippen LogP contribution in [-0.2, 0) is 6.42 Å². The lowest BCUT2D eigenvalue weighted by Crippen LogP contribution is -1.99. The molecule has 6 rings (SSSR count). The zero-order valence-electron chi connectivity index (χ0n) is 21.7. The van der Waals surface area contributed by atoms with Crippen molar-refractivity contribution in [1.29, 1.82) is 0 Å². The van der Waals surface area contributed by atoms with Crippen LogP contribution in [0.2, 0.25) is 0 Å². The summed E-state index contributed by atoms with van der Waals surface area (Å²) < 4.78 is 0. The molecule has 0 fully saturated rings. The van der Waals surface area contributed by atoms with Gasteiger partial charge >= 0.3 is 0 Å². The summed E-state index contributed by atoms with van der Waals surface area (Å²) in [4.78, 5) is 0. The van der Waals surface area contributed by atoms with Gasteiger partial charge in [-0.2, -0.15) is 0 Å². The third kappa shape index (κ3) is 3.36. The van der Waals surface area contributed by atoms with Gasteiger partial charge in [-0.25, -0.2) is 0 Å². The van der Waals surface area contributed by atoms with E-state index in [-0.39, 0.29) is 0 Å². The van der Waals surface area contributed by atoms with Crippen LogP contribution in [-0.4, -0.2) is 0 Å². The van der Waals surface area contributed by atoms with Crippen molar-refractivity contribution < 1.29 is 0 Å². The highest BCUT2D eigenvalue weighted by Crippen LogP contribution is 2.48. The fourth-order valence-corrected chi connectivity index (χ4v) is 6.49. The molecule has 0 nitrogen and oxygen atoms in total. The topological polar surface area (TPSA) is 0 Å². The highest BCUT2D eigenvalue weighted by molar-refractivity contribution is 5.96. The van der Waals surface area contributed by atoms with Crippen molar-refractivity contribution in [3.8, 4) is 22.3 Å². The summed E-state index contributed by atoms with van der Waals surface area (Å²) in [5.41, 5.74) is 18.9. The first-order chi connectivity index (χ1) is 17.5. The Bertz CT molecular complexity index is 1610. The SMILES string of the molecule is C=C/C(=C(C)\C(=C/C)c1ccc2c(c1)Cc1cc(C)ccc1-2)c1cccc2c1C(C)c1ccccc1-2. The molecule has 0 aromatic heterocycles. The quantitative estimate of drug-likeness (QED) is 0.232. The van der Waals surface area contributed by atoms with Gasteiger partial charge in [0.1, 0.15) is 0 Å². The largest absolute Gasteiger partial charge is 0.0984 e. The summed E-state index contributed by atoms with van der Waals surface area (Å²) in [5.74, 6) is 0.367. The van der Waals surface area contributed by atoms with Crippen LogP contribution in [0.25, 0.3) is 33.4 Å². The first-order valence-corrected chi connectivity index (χ1v) is 13.0. The second-order valence-corrected chi connectivity index (χ2v) is 10.2. The molecule has 0 heterocycles. The molecule has 2 aliphatic carbocycles. The Kier molecular flexibility index (Phi) is 5.41. The minimum Gasteiger partial charge on any atom is -0.0984 e. The van der Waals surface area contributed by atoms with Crippen LogP contribution in [0.5, 0.6) is 0 Å². The predicted molar refractivity (Wildman–Crippen MR) is 155 cm³/mol. The second-order valence-electron chi connectivity index (χ2n) is 10.2. The maximum atomic E-state index is 4.28. The molecule has 0 aliphatic heterocycles. The molecule has 0 spiro atoms. The van der Waals surface area contributed by atoms with Gasteiger partial charge in [0.05, 0.1) is 0 Å². The lowest BCUT2D eigenvalue weighted by Gasteiger charge is -2.19. The number of allylic oxidation sites excluding steroid dienone is 5. The number of hydrogen-bond donors (Lipinski definition) is 0. The van der Waals surface area contributed by atoms with E-state index >= 15 is 0 Å². The Hall–Kier alpha value is -3.90. The van der Waals surface area contributed by atoms with E-state index < -0.39 is 0 Å².